The van der Waals surface area contributed by atoms with E-state index in [1.54, 1.807) is 4.68 Å². The van der Waals surface area contributed by atoms with Gasteiger partial charge in [-0.3, -0.25) is 9.48 Å². The van der Waals surface area contributed by atoms with E-state index >= 15 is 0 Å². The molecule has 0 aromatic carbocycles. The Morgan fingerprint density at radius 3 is 2.77 bits per heavy atom. The van der Waals surface area contributed by atoms with E-state index < -0.39 is 0 Å². The Bertz CT molecular complexity index is 289. The van der Waals surface area contributed by atoms with Crippen molar-refractivity contribution in [3.8, 4) is 0 Å². The lowest BCUT2D eigenvalue weighted by Gasteiger charge is -1.99. The zero-order valence-corrected chi connectivity index (χ0v) is 8.45. The van der Waals surface area contributed by atoms with Gasteiger partial charge in [-0.05, 0) is 11.5 Å². The van der Waals surface area contributed by atoms with E-state index in [2.05, 4.69) is 18.9 Å². The number of carbonyl (C=O) groups is 1. The molecule has 0 atom stereocenters. The van der Waals surface area contributed by atoms with Crippen molar-refractivity contribution in [2.75, 3.05) is 0 Å². The molecular weight excluding hydrogens is 164 g/mol. The van der Waals surface area contributed by atoms with Crippen LogP contribution in [0.5, 0.6) is 0 Å². The van der Waals surface area contributed by atoms with E-state index in [1.165, 1.54) is 5.56 Å². The van der Waals surface area contributed by atoms with Crippen LogP contribution in [0.4, 0.5) is 0 Å². The van der Waals surface area contributed by atoms with Crippen molar-refractivity contribution in [3.63, 3.8) is 0 Å². The Balaban J connectivity index is 2.64. The molecule has 0 fully saturated rings. The fraction of sp³-hybridized carbons (Fsp3) is 0.600. The lowest BCUT2D eigenvalue weighted by Crippen LogP contribution is -2.08. The predicted molar refractivity (Wildman–Crippen MR) is 51.6 cm³/mol. The molecule has 0 saturated heterocycles. The largest absolute Gasteiger partial charge is 0.298 e. The number of nitrogens with zero attached hydrogens (tertiary/aromatic N) is 2. The van der Waals surface area contributed by atoms with Crippen LogP contribution in [-0.4, -0.2) is 15.6 Å². The minimum absolute atomic E-state index is 0.221. The molecule has 3 nitrogen and oxygen atoms in total. The number of hydrogen-bond donors (Lipinski definition) is 0. The first-order chi connectivity index (χ1) is 6.13. The van der Waals surface area contributed by atoms with Crippen molar-refractivity contribution < 1.29 is 4.79 Å². The average molecular weight is 180 g/mol. The Morgan fingerprint density at radius 1 is 1.62 bits per heavy atom. The normalized spacial score (nSPS) is 10.8. The third kappa shape index (κ3) is 2.68. The van der Waals surface area contributed by atoms with Gasteiger partial charge in [-0.1, -0.05) is 20.8 Å². The highest BCUT2D eigenvalue weighted by Crippen LogP contribution is 2.11. The number of rotatable bonds is 4. The van der Waals surface area contributed by atoms with E-state index in [1.807, 2.05) is 19.3 Å². The molecule has 0 saturated carbocycles. The van der Waals surface area contributed by atoms with Crippen molar-refractivity contribution in [3.05, 3.63) is 18.0 Å². The van der Waals surface area contributed by atoms with Gasteiger partial charge < -0.3 is 0 Å². The number of ketones is 1. The summed E-state index contributed by atoms with van der Waals surface area (Å²) in [5, 5.41) is 4.12. The monoisotopic (exact) mass is 180 g/mol. The van der Waals surface area contributed by atoms with Crippen LogP contribution in [0.25, 0.3) is 0 Å². The van der Waals surface area contributed by atoms with Gasteiger partial charge in [0.25, 0.3) is 0 Å². The summed E-state index contributed by atoms with van der Waals surface area (Å²) >= 11 is 0. The topological polar surface area (TPSA) is 34.9 Å². The van der Waals surface area contributed by atoms with Crippen molar-refractivity contribution in [1.82, 2.24) is 9.78 Å². The van der Waals surface area contributed by atoms with Crippen molar-refractivity contribution in [2.24, 2.45) is 0 Å². The first-order valence-corrected chi connectivity index (χ1v) is 4.67. The maximum Gasteiger partial charge on any atom is 0.154 e. The summed E-state index contributed by atoms with van der Waals surface area (Å²) in [6.45, 7) is 6.50. The molecule has 0 aliphatic carbocycles. The molecule has 1 aromatic heterocycles. The summed E-state index contributed by atoms with van der Waals surface area (Å²) < 4.78 is 1.71. The molecule has 13 heavy (non-hydrogen) atoms. The molecule has 1 heterocycles. The van der Waals surface area contributed by atoms with Gasteiger partial charge in [0, 0.05) is 12.6 Å². The Hall–Kier alpha value is -1.12. The maximum absolute atomic E-state index is 11.1. The lowest BCUT2D eigenvalue weighted by atomic mass is 10.1. The summed E-state index contributed by atoms with van der Waals surface area (Å²) in [6, 6.07) is 0. The first kappa shape index (κ1) is 9.96. The molecule has 0 spiro atoms. The summed E-state index contributed by atoms with van der Waals surface area (Å²) in [4.78, 5) is 11.1. The van der Waals surface area contributed by atoms with Gasteiger partial charge in [-0.25, -0.2) is 0 Å². The van der Waals surface area contributed by atoms with Crippen molar-refractivity contribution in [1.29, 1.82) is 0 Å². The Morgan fingerprint density at radius 2 is 2.31 bits per heavy atom. The second kappa shape index (κ2) is 4.21. The third-order valence-electron chi connectivity index (χ3n) is 2.05. The smallest absolute Gasteiger partial charge is 0.154 e. The summed E-state index contributed by atoms with van der Waals surface area (Å²) in [5.74, 6) is 0.698. The highest BCUT2D eigenvalue weighted by atomic mass is 16.1. The van der Waals surface area contributed by atoms with Gasteiger partial charge >= 0.3 is 0 Å². The zero-order chi connectivity index (χ0) is 9.84. The molecule has 0 N–H and O–H groups in total. The molecule has 0 bridgehead atoms. The van der Waals surface area contributed by atoms with Crippen molar-refractivity contribution >= 4 is 5.78 Å². The minimum atomic E-state index is 0.221. The van der Waals surface area contributed by atoms with Crippen LogP contribution in [-0.2, 0) is 11.3 Å². The lowest BCUT2D eigenvalue weighted by molar-refractivity contribution is -0.119. The van der Waals surface area contributed by atoms with E-state index in [0.29, 0.717) is 18.9 Å². The first-order valence-electron chi connectivity index (χ1n) is 4.67. The maximum atomic E-state index is 11.1. The molecule has 0 aliphatic rings. The number of aromatic nitrogens is 2. The second-order valence-corrected chi connectivity index (χ2v) is 3.52. The van der Waals surface area contributed by atoms with Crippen LogP contribution in [0.2, 0.25) is 0 Å². The van der Waals surface area contributed by atoms with Gasteiger partial charge in [-0.2, -0.15) is 5.10 Å². The second-order valence-electron chi connectivity index (χ2n) is 3.52. The summed E-state index contributed by atoms with van der Waals surface area (Å²) in [5.41, 5.74) is 1.18. The predicted octanol–water partition coefficient (Wildman–Crippen LogP) is 1.99. The number of Topliss-reactive ketones (excluding diaryl/α,β-unsaturated/α-hetero) is 1. The fourth-order valence-corrected chi connectivity index (χ4v) is 1.06. The van der Waals surface area contributed by atoms with Crippen LogP contribution in [0.15, 0.2) is 12.4 Å². The van der Waals surface area contributed by atoms with E-state index in [-0.39, 0.29) is 5.78 Å². The van der Waals surface area contributed by atoms with Crippen LogP contribution in [0, 0.1) is 0 Å². The summed E-state index contributed by atoms with van der Waals surface area (Å²) in [7, 11) is 0. The standard InChI is InChI=1S/C10H16N2O/c1-4-10(13)7-12-6-9(5-11-12)8(2)3/h5-6,8H,4,7H2,1-3H3. The Labute approximate surface area is 78.8 Å². The van der Waals surface area contributed by atoms with Gasteiger partial charge in [-0.15, -0.1) is 0 Å². The van der Waals surface area contributed by atoms with Gasteiger partial charge in [0.2, 0.25) is 0 Å². The molecule has 72 valence electrons. The molecule has 0 aliphatic heterocycles. The van der Waals surface area contributed by atoms with Crippen LogP contribution >= 0.6 is 0 Å². The van der Waals surface area contributed by atoms with Gasteiger partial charge in [0.1, 0.15) is 0 Å². The van der Waals surface area contributed by atoms with Gasteiger partial charge in [0.15, 0.2) is 5.78 Å². The molecule has 1 rings (SSSR count). The highest BCUT2D eigenvalue weighted by molar-refractivity contribution is 5.77. The van der Waals surface area contributed by atoms with Crippen LogP contribution in [0.1, 0.15) is 38.7 Å². The molecule has 3 heteroatoms. The zero-order valence-electron chi connectivity index (χ0n) is 8.45. The highest BCUT2D eigenvalue weighted by Gasteiger charge is 2.04. The SMILES string of the molecule is CCC(=O)Cn1cc(C(C)C)cn1. The van der Waals surface area contributed by atoms with E-state index in [0.717, 1.165) is 0 Å². The summed E-state index contributed by atoms with van der Waals surface area (Å²) in [6.07, 6.45) is 4.35. The molecule has 0 radical (unpaired) electrons. The quantitative estimate of drug-likeness (QED) is 0.710. The Kier molecular flexibility index (Phi) is 3.23. The van der Waals surface area contributed by atoms with E-state index in [9.17, 15) is 4.79 Å². The number of carbonyl (C=O) groups excluding carboxylic acids is 1. The minimum Gasteiger partial charge on any atom is -0.298 e. The van der Waals surface area contributed by atoms with Crippen LogP contribution < -0.4 is 0 Å². The molecule has 1 aromatic rings. The van der Waals surface area contributed by atoms with Crippen LogP contribution in [0.3, 0.4) is 0 Å². The van der Waals surface area contributed by atoms with Gasteiger partial charge in [0.05, 0.1) is 12.7 Å². The molecule has 0 amide bonds. The van der Waals surface area contributed by atoms with E-state index in [4.69, 9.17) is 0 Å². The average Bonchev–Trinajstić information content (AvgIpc) is 2.52. The molecule has 0 unspecified atom stereocenters. The number of hydrogen-bond acceptors (Lipinski definition) is 2. The van der Waals surface area contributed by atoms with Crippen molar-refractivity contribution in [2.45, 2.75) is 39.7 Å². The third-order valence-corrected chi connectivity index (χ3v) is 2.05. The molecular formula is C10H16N2O. The fourth-order valence-electron chi connectivity index (χ4n) is 1.06.